The van der Waals surface area contributed by atoms with E-state index in [1.165, 1.54) is 12.7 Å². The molecule has 0 heterocycles. The Morgan fingerprint density at radius 3 is 2.33 bits per heavy atom. The summed E-state index contributed by atoms with van der Waals surface area (Å²) in [4.78, 5) is 11.7. The second-order valence-electron chi connectivity index (χ2n) is 5.38. The van der Waals surface area contributed by atoms with Gasteiger partial charge >= 0.3 is 0 Å². The average Bonchev–Trinajstić information content (AvgIpc) is 2.28. The van der Waals surface area contributed by atoms with Crippen LogP contribution in [0.25, 0.3) is 0 Å². The number of carbonyl (C=O) groups is 1. The third-order valence-corrected chi connectivity index (χ3v) is 2.70. The Balaban J connectivity index is 2.67. The second kappa shape index (κ2) is 5.98. The number of hydrogen-bond acceptors (Lipinski definition) is 3. The fraction of sp³-hybridized carbons (Fsp3) is 0.500. The van der Waals surface area contributed by atoms with E-state index >= 15 is 0 Å². The highest BCUT2D eigenvalue weighted by Gasteiger charge is 2.15. The zero-order chi connectivity index (χ0) is 13.8. The van der Waals surface area contributed by atoms with Gasteiger partial charge in [-0.1, -0.05) is 32.9 Å². The molecule has 0 aliphatic rings. The summed E-state index contributed by atoms with van der Waals surface area (Å²) in [7, 11) is 1.52. The van der Waals surface area contributed by atoms with Gasteiger partial charge in [-0.15, -0.1) is 0 Å². The molecule has 4 heteroatoms. The van der Waals surface area contributed by atoms with E-state index in [2.05, 4.69) is 26.1 Å². The summed E-state index contributed by atoms with van der Waals surface area (Å²) in [5.74, 6) is -0.236. The van der Waals surface area contributed by atoms with Gasteiger partial charge in [-0.2, -0.15) is 0 Å². The molecule has 1 rings (SSSR count). The molecule has 1 aromatic rings. The number of nitrogens with one attached hydrogen (secondary N) is 1. The van der Waals surface area contributed by atoms with Crippen molar-refractivity contribution >= 4 is 11.6 Å². The molecule has 0 saturated carbocycles. The van der Waals surface area contributed by atoms with Crippen LogP contribution in [-0.2, 0) is 14.9 Å². The molecule has 1 aromatic carbocycles. The van der Waals surface area contributed by atoms with Gasteiger partial charge in [0.2, 0.25) is 5.91 Å². The topological polar surface area (TPSA) is 64.3 Å². The van der Waals surface area contributed by atoms with Gasteiger partial charge in [-0.3, -0.25) is 4.79 Å². The first kappa shape index (κ1) is 14.7. The largest absolute Gasteiger partial charge is 0.383 e. The molecule has 0 aliphatic carbocycles. The Kier molecular flexibility index (Phi) is 4.87. The maximum Gasteiger partial charge on any atom is 0.243 e. The zero-order valence-corrected chi connectivity index (χ0v) is 11.5. The monoisotopic (exact) mass is 250 g/mol. The van der Waals surface area contributed by atoms with Gasteiger partial charge in [0.05, 0.1) is 6.61 Å². The Labute approximate surface area is 109 Å². The van der Waals surface area contributed by atoms with E-state index in [9.17, 15) is 4.79 Å². The Morgan fingerprint density at radius 1 is 1.33 bits per heavy atom. The van der Waals surface area contributed by atoms with Crippen LogP contribution in [0.15, 0.2) is 24.3 Å². The lowest BCUT2D eigenvalue weighted by Gasteiger charge is -2.19. The number of rotatable bonds is 4. The molecule has 0 saturated heterocycles. The van der Waals surface area contributed by atoms with Crippen LogP contribution < -0.4 is 11.1 Å². The number of anilines is 1. The Bertz CT molecular complexity index is 393. The van der Waals surface area contributed by atoms with Gasteiger partial charge in [0, 0.05) is 12.8 Å². The number of carbonyl (C=O) groups excluding carboxylic acids is 1. The van der Waals surface area contributed by atoms with Gasteiger partial charge in [0.25, 0.3) is 0 Å². The molecule has 3 N–H and O–H groups in total. The predicted octanol–water partition coefficient (Wildman–Crippen LogP) is 1.90. The minimum atomic E-state index is -0.641. The first-order valence-corrected chi connectivity index (χ1v) is 6.00. The molecule has 100 valence electrons. The maximum atomic E-state index is 11.7. The normalized spacial score (nSPS) is 13.2. The van der Waals surface area contributed by atoms with E-state index < -0.39 is 6.04 Å². The SMILES string of the molecule is COCC(N)C(=O)Nc1ccc(C(C)(C)C)cc1. The van der Waals surface area contributed by atoms with Crippen LogP contribution in [0, 0.1) is 0 Å². The van der Waals surface area contributed by atoms with Crippen LogP contribution in [-0.4, -0.2) is 25.7 Å². The van der Waals surface area contributed by atoms with Crippen molar-refractivity contribution in [2.24, 2.45) is 5.73 Å². The summed E-state index contributed by atoms with van der Waals surface area (Å²) in [6, 6.07) is 7.16. The van der Waals surface area contributed by atoms with Crippen molar-refractivity contribution in [3.05, 3.63) is 29.8 Å². The van der Waals surface area contributed by atoms with E-state index in [1.54, 1.807) is 0 Å². The molecule has 1 unspecified atom stereocenters. The first-order chi connectivity index (χ1) is 8.34. The highest BCUT2D eigenvalue weighted by atomic mass is 16.5. The molecule has 0 aromatic heterocycles. The van der Waals surface area contributed by atoms with Crippen LogP contribution >= 0.6 is 0 Å². The molecule has 0 fully saturated rings. The average molecular weight is 250 g/mol. The molecule has 1 atom stereocenters. The van der Waals surface area contributed by atoms with E-state index in [0.29, 0.717) is 0 Å². The molecule has 0 aliphatic heterocycles. The quantitative estimate of drug-likeness (QED) is 0.857. The highest BCUT2D eigenvalue weighted by Crippen LogP contribution is 2.23. The molecule has 1 amide bonds. The van der Waals surface area contributed by atoms with E-state index in [1.807, 2.05) is 24.3 Å². The van der Waals surface area contributed by atoms with Crippen LogP contribution in [0.4, 0.5) is 5.69 Å². The smallest absolute Gasteiger partial charge is 0.243 e. The number of benzene rings is 1. The molecule has 18 heavy (non-hydrogen) atoms. The fourth-order valence-corrected chi connectivity index (χ4v) is 1.54. The van der Waals surface area contributed by atoms with Crippen molar-refractivity contribution < 1.29 is 9.53 Å². The third-order valence-electron chi connectivity index (χ3n) is 2.70. The first-order valence-electron chi connectivity index (χ1n) is 6.00. The minimum absolute atomic E-state index is 0.106. The number of methoxy groups -OCH3 is 1. The van der Waals surface area contributed by atoms with Gasteiger partial charge in [-0.05, 0) is 23.1 Å². The zero-order valence-electron chi connectivity index (χ0n) is 11.5. The summed E-state index contributed by atoms with van der Waals surface area (Å²) in [6.45, 7) is 6.66. The summed E-state index contributed by atoms with van der Waals surface area (Å²) < 4.78 is 4.84. The van der Waals surface area contributed by atoms with Crippen molar-refractivity contribution in [3.8, 4) is 0 Å². The predicted molar refractivity (Wildman–Crippen MR) is 73.6 cm³/mol. The van der Waals surface area contributed by atoms with Gasteiger partial charge in [0.15, 0.2) is 0 Å². The lowest BCUT2D eigenvalue weighted by Crippen LogP contribution is -2.39. The number of hydrogen-bond donors (Lipinski definition) is 2. The van der Waals surface area contributed by atoms with Crippen molar-refractivity contribution in [3.63, 3.8) is 0 Å². The van der Waals surface area contributed by atoms with Crippen molar-refractivity contribution in [1.29, 1.82) is 0 Å². The van der Waals surface area contributed by atoms with Crippen LogP contribution in [0.1, 0.15) is 26.3 Å². The Morgan fingerprint density at radius 2 is 1.89 bits per heavy atom. The van der Waals surface area contributed by atoms with Crippen molar-refractivity contribution in [2.75, 3.05) is 19.0 Å². The van der Waals surface area contributed by atoms with E-state index in [-0.39, 0.29) is 17.9 Å². The molecular weight excluding hydrogens is 228 g/mol. The third kappa shape index (κ3) is 4.13. The summed E-state index contributed by atoms with van der Waals surface area (Å²) in [5.41, 5.74) is 7.72. The number of amides is 1. The van der Waals surface area contributed by atoms with Gasteiger partial charge < -0.3 is 15.8 Å². The summed E-state index contributed by atoms with van der Waals surface area (Å²) in [5, 5.41) is 2.76. The highest BCUT2D eigenvalue weighted by molar-refractivity contribution is 5.94. The summed E-state index contributed by atoms with van der Waals surface area (Å²) in [6.07, 6.45) is 0. The lowest BCUT2D eigenvalue weighted by atomic mass is 9.87. The van der Waals surface area contributed by atoms with E-state index in [0.717, 1.165) is 5.69 Å². The molecule has 0 spiro atoms. The van der Waals surface area contributed by atoms with Crippen LogP contribution in [0.2, 0.25) is 0 Å². The number of ether oxygens (including phenoxy) is 1. The molecule has 0 bridgehead atoms. The fourth-order valence-electron chi connectivity index (χ4n) is 1.54. The number of nitrogens with two attached hydrogens (primary N) is 1. The standard InChI is InChI=1S/C14H22N2O2/c1-14(2,3)10-5-7-11(8-6-10)16-13(17)12(15)9-18-4/h5-8,12H,9,15H2,1-4H3,(H,16,17). The Hall–Kier alpha value is -1.39. The lowest BCUT2D eigenvalue weighted by molar-refractivity contribution is -0.118. The maximum absolute atomic E-state index is 11.7. The molecule has 4 nitrogen and oxygen atoms in total. The summed E-state index contributed by atoms with van der Waals surface area (Å²) >= 11 is 0. The van der Waals surface area contributed by atoms with E-state index in [4.69, 9.17) is 10.5 Å². The second-order valence-corrected chi connectivity index (χ2v) is 5.38. The van der Waals surface area contributed by atoms with Gasteiger partial charge in [-0.25, -0.2) is 0 Å². The molecular formula is C14H22N2O2. The van der Waals surface area contributed by atoms with Crippen molar-refractivity contribution in [1.82, 2.24) is 0 Å². The minimum Gasteiger partial charge on any atom is -0.383 e. The van der Waals surface area contributed by atoms with Crippen LogP contribution in [0.5, 0.6) is 0 Å². The van der Waals surface area contributed by atoms with Crippen LogP contribution in [0.3, 0.4) is 0 Å². The molecule has 0 radical (unpaired) electrons. The van der Waals surface area contributed by atoms with Gasteiger partial charge in [0.1, 0.15) is 6.04 Å². The van der Waals surface area contributed by atoms with Crippen molar-refractivity contribution in [2.45, 2.75) is 32.2 Å².